The summed E-state index contributed by atoms with van der Waals surface area (Å²) in [6.45, 7) is 2.25. The summed E-state index contributed by atoms with van der Waals surface area (Å²) < 4.78 is 8.55. The number of hydrogen-bond acceptors (Lipinski definition) is 5. The second-order valence-corrected chi connectivity index (χ2v) is 2.07. The van der Waals surface area contributed by atoms with Gasteiger partial charge in [0.05, 0.1) is 0 Å². The van der Waals surface area contributed by atoms with Gasteiger partial charge in [-0.15, -0.1) is 0 Å². The number of aliphatic hydroxyl groups is 1. The third kappa shape index (κ3) is 115. The molecule has 0 amide bonds. The van der Waals surface area contributed by atoms with Crippen molar-refractivity contribution >= 4 is 7.82 Å². The molecule has 0 bridgehead atoms. The quantitative estimate of drug-likeness (QED) is 0.351. The number of rotatable bonds is 1. The molecule has 0 aromatic rings. The van der Waals surface area contributed by atoms with Crippen LogP contribution < -0.4 is 103 Å². The SMILES string of the molecule is CCCO.O=P([O-])([O-])[O-].[Na+].[Na+].[Na+]. The fraction of sp³-hybridized carbons (Fsp3) is 1.00. The first-order valence-electron chi connectivity index (χ1n) is 2.25. The van der Waals surface area contributed by atoms with E-state index in [9.17, 15) is 0 Å². The molecule has 5 nitrogen and oxygen atoms in total. The molecule has 9 heteroatoms. The summed E-state index contributed by atoms with van der Waals surface area (Å²) >= 11 is 0. The summed E-state index contributed by atoms with van der Waals surface area (Å²) in [4.78, 5) is 25.6. The van der Waals surface area contributed by atoms with Crippen LogP contribution in [0.25, 0.3) is 0 Å². The van der Waals surface area contributed by atoms with Crippen LogP contribution in [0.5, 0.6) is 0 Å². The van der Waals surface area contributed by atoms with Gasteiger partial charge in [-0.2, -0.15) is 7.82 Å². The first kappa shape index (κ1) is 29.4. The molecule has 0 aliphatic carbocycles. The third-order valence-electron chi connectivity index (χ3n) is 0.224. The predicted molar refractivity (Wildman–Crippen MR) is 25.0 cm³/mol. The van der Waals surface area contributed by atoms with E-state index in [1.807, 2.05) is 6.92 Å². The minimum absolute atomic E-state index is 0. The second kappa shape index (κ2) is 19.6. The van der Waals surface area contributed by atoms with Crippen LogP contribution in [0.3, 0.4) is 0 Å². The molecule has 0 atom stereocenters. The van der Waals surface area contributed by atoms with Gasteiger partial charge in [0.15, 0.2) is 0 Å². The van der Waals surface area contributed by atoms with Crippen LogP contribution in [0.1, 0.15) is 13.3 Å². The molecule has 0 saturated heterocycles. The zero-order valence-corrected chi connectivity index (χ0v) is 14.8. The Morgan fingerprint density at radius 1 is 1.17 bits per heavy atom. The van der Waals surface area contributed by atoms with Crippen molar-refractivity contribution < 1.29 is 113 Å². The monoisotopic (exact) mass is 224 g/mol. The molecule has 0 aliphatic heterocycles. The molecule has 58 valence electrons. The summed E-state index contributed by atoms with van der Waals surface area (Å²) in [5, 5.41) is 7.88. The van der Waals surface area contributed by atoms with Gasteiger partial charge in [-0.3, -0.25) is 0 Å². The summed E-state index contributed by atoms with van der Waals surface area (Å²) in [6, 6.07) is 0. The molecule has 0 aromatic heterocycles. The normalized spacial score (nSPS) is 7.42. The van der Waals surface area contributed by atoms with Crippen LogP contribution >= 0.6 is 7.82 Å². The minimum atomic E-state index is -5.39. The molecular weight excluding hydrogens is 216 g/mol. The van der Waals surface area contributed by atoms with Crippen LogP contribution in [-0.2, 0) is 4.57 Å². The Hall–Kier alpha value is 3.07. The summed E-state index contributed by atoms with van der Waals surface area (Å²) in [5.41, 5.74) is 0. The van der Waals surface area contributed by atoms with Gasteiger partial charge >= 0.3 is 88.7 Å². The Labute approximate surface area is 138 Å². The first-order chi connectivity index (χ1) is 3.91. The van der Waals surface area contributed by atoms with E-state index in [0.29, 0.717) is 6.61 Å². The maximum atomic E-state index is 8.55. The van der Waals surface area contributed by atoms with Gasteiger partial charge in [-0.25, -0.2) is 0 Å². The summed E-state index contributed by atoms with van der Waals surface area (Å²) in [6.07, 6.45) is 0.875. The van der Waals surface area contributed by atoms with Crippen molar-refractivity contribution in [2.45, 2.75) is 13.3 Å². The summed E-state index contributed by atoms with van der Waals surface area (Å²) in [5.74, 6) is 0. The van der Waals surface area contributed by atoms with Gasteiger partial charge in [0.25, 0.3) is 0 Å². The Kier molecular flexibility index (Phi) is 48.1. The Bertz CT molecular complexity index is 85.7. The van der Waals surface area contributed by atoms with E-state index < -0.39 is 7.82 Å². The number of phosphoric acid groups is 1. The molecule has 0 aromatic carbocycles. The van der Waals surface area contributed by atoms with Crippen molar-refractivity contribution in [2.75, 3.05) is 6.61 Å². The van der Waals surface area contributed by atoms with Gasteiger partial charge in [0.2, 0.25) is 0 Å². The maximum absolute atomic E-state index is 8.55. The van der Waals surface area contributed by atoms with Crippen LogP contribution in [0.2, 0.25) is 0 Å². The molecule has 0 unspecified atom stereocenters. The molecule has 0 radical (unpaired) electrons. The largest absolute Gasteiger partial charge is 1.00 e. The van der Waals surface area contributed by atoms with E-state index in [1.54, 1.807) is 0 Å². The Morgan fingerprint density at radius 3 is 1.25 bits per heavy atom. The fourth-order valence-corrected chi connectivity index (χ4v) is 0. The molecule has 0 spiro atoms. The van der Waals surface area contributed by atoms with Gasteiger partial charge in [-0.1, -0.05) is 6.92 Å². The molecule has 0 saturated carbocycles. The van der Waals surface area contributed by atoms with Crippen molar-refractivity contribution in [1.29, 1.82) is 0 Å². The van der Waals surface area contributed by atoms with E-state index in [1.165, 1.54) is 0 Å². The smallest absolute Gasteiger partial charge is 0.822 e. The minimum Gasteiger partial charge on any atom is -0.822 e. The van der Waals surface area contributed by atoms with Crippen molar-refractivity contribution in [3.8, 4) is 0 Å². The molecular formula is C3H8Na3O5P. The maximum Gasteiger partial charge on any atom is 1.00 e. The van der Waals surface area contributed by atoms with Crippen molar-refractivity contribution in [1.82, 2.24) is 0 Å². The van der Waals surface area contributed by atoms with Gasteiger partial charge in [-0.05, 0) is 6.42 Å². The average molecular weight is 224 g/mol. The van der Waals surface area contributed by atoms with E-state index in [-0.39, 0.29) is 88.7 Å². The van der Waals surface area contributed by atoms with Crippen molar-refractivity contribution in [3.05, 3.63) is 0 Å². The van der Waals surface area contributed by atoms with E-state index in [0.717, 1.165) is 6.42 Å². The zero-order chi connectivity index (χ0) is 7.91. The van der Waals surface area contributed by atoms with Gasteiger partial charge < -0.3 is 24.4 Å². The Morgan fingerprint density at radius 2 is 1.25 bits per heavy atom. The fourth-order valence-electron chi connectivity index (χ4n) is 0. The number of hydrogen-bond donors (Lipinski definition) is 1. The number of aliphatic hydroxyl groups excluding tert-OH is 1. The topological polar surface area (TPSA) is 106 Å². The molecule has 0 fully saturated rings. The van der Waals surface area contributed by atoms with Crippen LogP contribution in [0.4, 0.5) is 0 Å². The van der Waals surface area contributed by atoms with Crippen LogP contribution in [-0.4, -0.2) is 11.7 Å². The van der Waals surface area contributed by atoms with Crippen molar-refractivity contribution in [2.24, 2.45) is 0 Å². The van der Waals surface area contributed by atoms with Gasteiger partial charge in [0, 0.05) is 6.61 Å². The van der Waals surface area contributed by atoms with Crippen LogP contribution in [0.15, 0.2) is 0 Å². The first-order valence-corrected chi connectivity index (χ1v) is 3.71. The van der Waals surface area contributed by atoms with E-state index in [2.05, 4.69) is 0 Å². The molecule has 0 rings (SSSR count). The van der Waals surface area contributed by atoms with E-state index in [4.69, 9.17) is 24.4 Å². The van der Waals surface area contributed by atoms with E-state index >= 15 is 0 Å². The summed E-state index contributed by atoms with van der Waals surface area (Å²) in [7, 11) is -5.39. The van der Waals surface area contributed by atoms with Gasteiger partial charge in [0.1, 0.15) is 0 Å². The van der Waals surface area contributed by atoms with Crippen molar-refractivity contribution in [3.63, 3.8) is 0 Å². The third-order valence-corrected chi connectivity index (χ3v) is 0.224. The molecule has 0 aliphatic rings. The molecule has 0 heterocycles. The predicted octanol–water partition coefficient (Wildman–Crippen LogP) is -11.4. The molecule has 1 N–H and O–H groups in total. The standard InChI is InChI=1S/C3H8O.3Na.H3O4P/c1-2-3-4;;;;1-5(2,3)4/h4H,2-3H2,1H3;;;;(H3,1,2,3,4)/q;3*+1;/p-3. The molecule has 12 heavy (non-hydrogen) atoms. The van der Waals surface area contributed by atoms with Crippen LogP contribution in [0, 0.1) is 0 Å². The second-order valence-electron chi connectivity index (χ2n) is 1.17. The average Bonchev–Trinajstić information content (AvgIpc) is 1.61. The zero-order valence-electron chi connectivity index (χ0n) is 7.94. The Balaban J connectivity index is -0.0000000221.